The molecule has 7 heteroatoms. The van der Waals surface area contributed by atoms with E-state index in [0.717, 1.165) is 23.8 Å². The van der Waals surface area contributed by atoms with Crippen LogP contribution < -0.4 is 10.5 Å². The molecule has 2 aromatic rings. The van der Waals surface area contributed by atoms with Crippen molar-refractivity contribution in [3.8, 4) is 0 Å². The lowest BCUT2D eigenvalue weighted by molar-refractivity contribution is 0.582. The first-order valence-corrected chi connectivity index (χ1v) is 7.79. The average Bonchev–Trinajstić information content (AvgIpc) is 2.43. The fourth-order valence-corrected chi connectivity index (χ4v) is 3.05. The number of anilines is 1. The molecule has 0 aliphatic carbocycles. The Labute approximate surface area is 121 Å². The predicted molar refractivity (Wildman–Crippen MR) is 76.9 cm³/mol. The minimum absolute atomic E-state index is 0.281. The Morgan fingerprint density at radius 3 is 2.19 bits per heavy atom. The first-order valence-electron chi connectivity index (χ1n) is 6.13. The molecule has 0 atom stereocenters. The third kappa shape index (κ3) is 3.99. The molecular weight excluding hydrogens is 298 g/mol. The molecule has 112 valence electrons. The molecule has 2 rings (SSSR count). The Morgan fingerprint density at radius 2 is 1.57 bits per heavy atom. The molecule has 0 saturated carbocycles. The van der Waals surface area contributed by atoms with Gasteiger partial charge in [-0.05, 0) is 23.3 Å². The Morgan fingerprint density at radius 1 is 1.00 bits per heavy atom. The maximum absolute atomic E-state index is 13.5. The smallest absolute Gasteiger partial charge is 0.237 e. The Bertz CT molecular complexity index is 728. The van der Waals surface area contributed by atoms with Crippen molar-refractivity contribution in [2.24, 2.45) is 5.73 Å². The second kappa shape index (κ2) is 6.19. The zero-order chi connectivity index (χ0) is 15.5. The fraction of sp³-hybridized carbons (Fsp3) is 0.143. The van der Waals surface area contributed by atoms with Gasteiger partial charge in [0, 0.05) is 6.54 Å². The highest BCUT2D eigenvalue weighted by Crippen LogP contribution is 2.20. The summed E-state index contributed by atoms with van der Waals surface area (Å²) >= 11 is 0. The normalized spacial score (nSPS) is 11.4. The van der Waals surface area contributed by atoms with Crippen LogP contribution in [0.2, 0.25) is 0 Å². The van der Waals surface area contributed by atoms with E-state index in [0.29, 0.717) is 5.56 Å². The Hall–Kier alpha value is -1.99. The Balaban J connectivity index is 2.23. The van der Waals surface area contributed by atoms with Crippen LogP contribution in [-0.2, 0) is 22.3 Å². The van der Waals surface area contributed by atoms with Crippen LogP contribution in [0.5, 0.6) is 0 Å². The van der Waals surface area contributed by atoms with Crippen LogP contribution in [0.1, 0.15) is 11.1 Å². The first-order chi connectivity index (χ1) is 9.91. The molecule has 2 aromatic carbocycles. The van der Waals surface area contributed by atoms with Gasteiger partial charge in [0.05, 0.1) is 5.75 Å². The second-order valence-electron chi connectivity index (χ2n) is 4.48. The minimum Gasteiger partial charge on any atom is -0.326 e. The predicted octanol–water partition coefficient (Wildman–Crippen LogP) is 2.37. The lowest BCUT2D eigenvalue weighted by Gasteiger charge is -2.10. The van der Waals surface area contributed by atoms with Gasteiger partial charge < -0.3 is 5.73 Å². The van der Waals surface area contributed by atoms with Crippen LogP contribution in [0.3, 0.4) is 0 Å². The largest absolute Gasteiger partial charge is 0.326 e. The van der Waals surface area contributed by atoms with Crippen molar-refractivity contribution in [1.29, 1.82) is 0 Å². The van der Waals surface area contributed by atoms with Gasteiger partial charge in [-0.15, -0.1) is 0 Å². The van der Waals surface area contributed by atoms with Gasteiger partial charge in [0.1, 0.15) is 17.3 Å². The average molecular weight is 312 g/mol. The summed E-state index contributed by atoms with van der Waals surface area (Å²) in [6, 6.07) is 9.81. The van der Waals surface area contributed by atoms with Crippen molar-refractivity contribution in [2.75, 3.05) is 4.72 Å². The van der Waals surface area contributed by atoms with Crippen molar-refractivity contribution >= 4 is 15.7 Å². The number of nitrogens with two attached hydrogens (primary N) is 1. The van der Waals surface area contributed by atoms with E-state index in [-0.39, 0.29) is 6.54 Å². The molecule has 0 aliphatic heterocycles. The lowest BCUT2D eigenvalue weighted by atomic mass is 10.1. The van der Waals surface area contributed by atoms with E-state index in [1.165, 1.54) is 0 Å². The first kappa shape index (κ1) is 15.4. The number of hydrogen-bond acceptors (Lipinski definition) is 3. The lowest BCUT2D eigenvalue weighted by Crippen LogP contribution is -2.17. The van der Waals surface area contributed by atoms with Crippen molar-refractivity contribution in [1.82, 2.24) is 0 Å². The summed E-state index contributed by atoms with van der Waals surface area (Å²) < 4.78 is 52.8. The summed E-state index contributed by atoms with van der Waals surface area (Å²) in [5.41, 5.74) is 6.07. The molecular formula is C14H14F2N2O2S. The van der Waals surface area contributed by atoms with Gasteiger partial charge in [0.25, 0.3) is 0 Å². The number of halogens is 2. The van der Waals surface area contributed by atoms with Crippen molar-refractivity contribution in [2.45, 2.75) is 12.3 Å². The summed E-state index contributed by atoms with van der Waals surface area (Å²) in [4.78, 5) is 0. The van der Waals surface area contributed by atoms with E-state index in [4.69, 9.17) is 5.73 Å². The quantitative estimate of drug-likeness (QED) is 0.890. The van der Waals surface area contributed by atoms with Gasteiger partial charge in [-0.2, -0.15) is 0 Å². The van der Waals surface area contributed by atoms with Gasteiger partial charge in [-0.3, -0.25) is 4.72 Å². The maximum Gasteiger partial charge on any atom is 0.237 e. The highest BCUT2D eigenvalue weighted by Gasteiger charge is 2.17. The zero-order valence-electron chi connectivity index (χ0n) is 11.0. The van der Waals surface area contributed by atoms with Crippen LogP contribution in [0, 0.1) is 11.6 Å². The number of rotatable bonds is 5. The molecule has 0 bridgehead atoms. The van der Waals surface area contributed by atoms with Crippen molar-refractivity contribution < 1.29 is 17.2 Å². The second-order valence-corrected chi connectivity index (χ2v) is 6.20. The topological polar surface area (TPSA) is 72.2 Å². The van der Waals surface area contributed by atoms with Gasteiger partial charge >= 0.3 is 0 Å². The highest BCUT2D eigenvalue weighted by molar-refractivity contribution is 7.91. The zero-order valence-corrected chi connectivity index (χ0v) is 11.8. The molecule has 0 heterocycles. The summed E-state index contributed by atoms with van der Waals surface area (Å²) in [5, 5.41) is 0. The van der Waals surface area contributed by atoms with E-state index in [1.54, 1.807) is 24.3 Å². The monoisotopic (exact) mass is 312 g/mol. The van der Waals surface area contributed by atoms with Crippen LogP contribution in [-0.4, -0.2) is 8.42 Å². The van der Waals surface area contributed by atoms with Crippen LogP contribution in [0.15, 0.2) is 42.5 Å². The number of nitrogens with one attached hydrogen (secondary N) is 1. The molecule has 0 radical (unpaired) electrons. The summed E-state index contributed by atoms with van der Waals surface area (Å²) in [6.07, 6.45) is 0. The van der Waals surface area contributed by atoms with Crippen LogP contribution in [0.25, 0.3) is 0 Å². The molecule has 0 aromatic heterocycles. The third-order valence-electron chi connectivity index (χ3n) is 2.80. The minimum atomic E-state index is -3.93. The fourth-order valence-electron chi connectivity index (χ4n) is 1.85. The molecule has 21 heavy (non-hydrogen) atoms. The van der Waals surface area contributed by atoms with Gasteiger partial charge in [0.2, 0.25) is 10.0 Å². The van der Waals surface area contributed by atoms with E-state index in [1.807, 2.05) is 4.72 Å². The summed E-state index contributed by atoms with van der Waals surface area (Å²) in [5.74, 6) is -2.32. The molecule has 0 fully saturated rings. The number of sulfonamides is 1. The molecule has 4 nitrogen and oxygen atoms in total. The van der Waals surface area contributed by atoms with Gasteiger partial charge in [-0.1, -0.05) is 30.3 Å². The highest BCUT2D eigenvalue weighted by atomic mass is 32.2. The van der Waals surface area contributed by atoms with Crippen molar-refractivity contribution in [3.05, 3.63) is 65.2 Å². The number of para-hydroxylation sites is 1. The molecule has 0 saturated heterocycles. The maximum atomic E-state index is 13.5. The summed E-state index contributed by atoms with van der Waals surface area (Å²) in [7, 11) is -3.93. The van der Waals surface area contributed by atoms with Crippen LogP contribution >= 0.6 is 0 Å². The van der Waals surface area contributed by atoms with Crippen molar-refractivity contribution in [3.63, 3.8) is 0 Å². The Kier molecular flexibility index (Phi) is 4.54. The molecule has 3 N–H and O–H groups in total. The van der Waals surface area contributed by atoms with Gasteiger partial charge in [0.15, 0.2) is 0 Å². The van der Waals surface area contributed by atoms with E-state index >= 15 is 0 Å². The van der Waals surface area contributed by atoms with Crippen LogP contribution in [0.4, 0.5) is 14.5 Å². The van der Waals surface area contributed by atoms with E-state index in [2.05, 4.69) is 0 Å². The SMILES string of the molecule is NCc1cccc(CS(=O)(=O)Nc2c(F)cccc2F)c1. The number of hydrogen-bond donors (Lipinski definition) is 2. The standard InChI is InChI=1S/C14H14F2N2O2S/c15-12-5-2-6-13(16)14(12)18-21(19,20)9-11-4-1-3-10(7-11)8-17/h1-7,18H,8-9,17H2. The molecule has 0 aliphatic rings. The van der Waals surface area contributed by atoms with E-state index in [9.17, 15) is 17.2 Å². The molecule has 0 spiro atoms. The summed E-state index contributed by atoms with van der Waals surface area (Å²) in [6.45, 7) is 0.281. The van der Waals surface area contributed by atoms with Gasteiger partial charge in [-0.25, -0.2) is 17.2 Å². The molecule has 0 amide bonds. The number of benzene rings is 2. The third-order valence-corrected chi connectivity index (χ3v) is 4.03. The molecule has 0 unspecified atom stereocenters. The van der Waals surface area contributed by atoms with E-state index < -0.39 is 33.1 Å².